The number of fused-ring (bicyclic) bond motifs is 1. The molecule has 1 fully saturated rings. The average Bonchev–Trinajstić information content (AvgIpc) is 3.04. The van der Waals surface area contributed by atoms with Gasteiger partial charge in [-0.05, 0) is 45.1 Å². The van der Waals surface area contributed by atoms with Crippen molar-refractivity contribution in [3.05, 3.63) is 30.2 Å². The molecule has 0 spiro atoms. The van der Waals surface area contributed by atoms with Gasteiger partial charge < -0.3 is 10.6 Å². The molecule has 6 nitrogen and oxygen atoms in total. The van der Waals surface area contributed by atoms with Crippen molar-refractivity contribution in [2.75, 3.05) is 19.3 Å². The maximum Gasteiger partial charge on any atom is 0.240 e. The summed E-state index contributed by atoms with van der Waals surface area (Å²) in [6.45, 7) is 5.50. The van der Waals surface area contributed by atoms with E-state index in [2.05, 4.69) is 10.2 Å². The smallest absolute Gasteiger partial charge is 0.240 e. The largest absolute Gasteiger partial charge is 0.341 e. The number of rotatable bonds is 4. The van der Waals surface area contributed by atoms with E-state index < -0.39 is 6.04 Å². The molecule has 3 rings (SSSR count). The van der Waals surface area contributed by atoms with Crippen LogP contribution in [-0.4, -0.2) is 55.5 Å². The number of likely N-dealkylation sites (tertiary alicyclic amines) is 1. The van der Waals surface area contributed by atoms with Gasteiger partial charge >= 0.3 is 0 Å². The van der Waals surface area contributed by atoms with Gasteiger partial charge in [0.2, 0.25) is 5.91 Å². The van der Waals surface area contributed by atoms with Crippen LogP contribution in [0.15, 0.2) is 24.4 Å². The molecule has 2 aromatic heterocycles. The Kier molecular flexibility index (Phi) is 6.35. The van der Waals surface area contributed by atoms with E-state index in [0.717, 1.165) is 37.4 Å². The lowest BCUT2D eigenvalue weighted by Gasteiger charge is -2.36. The lowest BCUT2D eigenvalue weighted by atomic mass is 9.94. The second-order valence-electron chi connectivity index (χ2n) is 6.87. The predicted molar refractivity (Wildman–Crippen MR) is 104 cm³/mol. The monoisotopic (exact) mass is 383 g/mol. The molecular weight excluding hydrogens is 358 g/mol. The zero-order chi connectivity index (χ0) is 17.3. The predicted octanol–water partition coefficient (Wildman–Crippen LogP) is 2.33. The van der Waals surface area contributed by atoms with E-state index in [1.807, 2.05) is 53.8 Å². The molecule has 0 radical (unpaired) electrons. The lowest BCUT2D eigenvalue weighted by Crippen LogP contribution is -2.54. The zero-order valence-electron chi connectivity index (χ0n) is 14.9. The molecule has 3 heterocycles. The Hall–Kier alpha value is -1.31. The van der Waals surface area contributed by atoms with Gasteiger partial charge in [-0.15, -0.1) is 22.6 Å². The molecule has 2 aromatic rings. The highest BCUT2D eigenvalue weighted by Gasteiger charge is 2.36. The Labute approximate surface area is 159 Å². The Morgan fingerprint density at radius 2 is 2.00 bits per heavy atom. The molecule has 25 heavy (non-hydrogen) atoms. The number of nitrogens with two attached hydrogens (primary N) is 1. The van der Waals surface area contributed by atoms with Gasteiger partial charge in [0.05, 0.1) is 6.04 Å². The topological polar surface area (TPSA) is 76.5 Å². The molecule has 8 heteroatoms. The first-order valence-electron chi connectivity index (χ1n) is 8.33. The molecule has 1 saturated heterocycles. The van der Waals surface area contributed by atoms with Crippen molar-refractivity contribution >= 4 is 35.7 Å². The summed E-state index contributed by atoms with van der Waals surface area (Å²) in [6.07, 6.45) is 5.79. The number of piperidine rings is 1. The van der Waals surface area contributed by atoms with E-state index in [1.165, 1.54) is 0 Å². The van der Waals surface area contributed by atoms with Crippen molar-refractivity contribution in [1.82, 2.24) is 19.5 Å². The Morgan fingerprint density at radius 1 is 1.32 bits per heavy atom. The van der Waals surface area contributed by atoms with E-state index in [0.29, 0.717) is 5.92 Å². The van der Waals surface area contributed by atoms with Gasteiger partial charge in [-0.2, -0.15) is 11.8 Å². The molecule has 0 unspecified atom stereocenters. The minimum Gasteiger partial charge on any atom is -0.341 e. The molecule has 0 saturated carbocycles. The summed E-state index contributed by atoms with van der Waals surface area (Å²) in [5.74, 6) is 1.38. The quantitative estimate of drug-likeness (QED) is 0.876. The summed E-state index contributed by atoms with van der Waals surface area (Å²) in [7, 11) is 0. The summed E-state index contributed by atoms with van der Waals surface area (Å²) in [5, 5.41) is 8.59. The van der Waals surface area contributed by atoms with Crippen LogP contribution < -0.4 is 5.73 Å². The fourth-order valence-electron chi connectivity index (χ4n) is 3.12. The third-order valence-corrected chi connectivity index (χ3v) is 6.36. The molecule has 1 amide bonds. The van der Waals surface area contributed by atoms with Crippen LogP contribution in [0.1, 0.15) is 38.4 Å². The highest BCUT2D eigenvalue weighted by Crippen LogP contribution is 2.30. The first-order valence-corrected chi connectivity index (χ1v) is 9.55. The summed E-state index contributed by atoms with van der Waals surface area (Å²) < 4.78 is 1.79. The van der Waals surface area contributed by atoms with Crippen molar-refractivity contribution < 1.29 is 4.79 Å². The number of aromatic nitrogens is 3. The van der Waals surface area contributed by atoms with Crippen LogP contribution in [-0.2, 0) is 4.79 Å². The first kappa shape index (κ1) is 20.0. The number of hydrogen-bond donors (Lipinski definition) is 1. The maximum atomic E-state index is 12.7. The number of thioether (sulfide) groups is 1. The standard InChI is InChI=1S/C17H25N5OS.ClH/c1-17(2,24-3)14(18)16(23)21-10-7-12(8-11-21)15-20-19-13-6-4-5-9-22(13)15;/h4-6,9,12,14H,7-8,10-11,18H2,1-3H3;1H/t14-;/m1./s1. The molecule has 0 bridgehead atoms. The fourth-order valence-corrected chi connectivity index (χ4v) is 3.47. The van der Waals surface area contributed by atoms with Crippen LogP contribution in [0.3, 0.4) is 0 Å². The van der Waals surface area contributed by atoms with E-state index in [9.17, 15) is 4.79 Å². The number of pyridine rings is 1. The molecule has 138 valence electrons. The number of carbonyl (C=O) groups is 1. The van der Waals surface area contributed by atoms with E-state index in [1.54, 1.807) is 11.8 Å². The second kappa shape index (κ2) is 7.93. The zero-order valence-corrected chi connectivity index (χ0v) is 16.5. The van der Waals surface area contributed by atoms with Gasteiger partial charge in [-0.1, -0.05) is 6.07 Å². The van der Waals surface area contributed by atoms with Crippen LogP contribution in [0.4, 0.5) is 0 Å². The summed E-state index contributed by atoms with van der Waals surface area (Å²) in [6, 6.07) is 5.43. The van der Waals surface area contributed by atoms with E-state index in [4.69, 9.17) is 5.73 Å². The van der Waals surface area contributed by atoms with Gasteiger partial charge in [0.1, 0.15) is 5.82 Å². The van der Waals surface area contributed by atoms with Crippen molar-refractivity contribution in [1.29, 1.82) is 0 Å². The van der Waals surface area contributed by atoms with E-state index >= 15 is 0 Å². The highest BCUT2D eigenvalue weighted by molar-refractivity contribution is 8.00. The van der Waals surface area contributed by atoms with Gasteiger partial charge in [-0.25, -0.2) is 0 Å². The van der Waals surface area contributed by atoms with Crippen LogP contribution in [0.25, 0.3) is 5.65 Å². The summed E-state index contributed by atoms with van der Waals surface area (Å²) in [5.41, 5.74) is 7.07. The van der Waals surface area contributed by atoms with Gasteiger partial charge in [-0.3, -0.25) is 9.20 Å². The molecule has 0 aromatic carbocycles. The molecule has 0 aliphatic carbocycles. The van der Waals surface area contributed by atoms with Crippen LogP contribution in [0, 0.1) is 0 Å². The molecule has 1 aliphatic heterocycles. The first-order chi connectivity index (χ1) is 11.4. The number of nitrogens with zero attached hydrogens (tertiary/aromatic N) is 4. The molecule has 1 aliphatic rings. The van der Waals surface area contributed by atoms with Gasteiger partial charge in [0.25, 0.3) is 0 Å². The summed E-state index contributed by atoms with van der Waals surface area (Å²) in [4.78, 5) is 14.6. The fraction of sp³-hybridized carbons (Fsp3) is 0.588. The van der Waals surface area contributed by atoms with Crippen molar-refractivity contribution in [2.45, 2.75) is 43.4 Å². The second-order valence-corrected chi connectivity index (χ2v) is 8.33. The minimum absolute atomic E-state index is 0. The number of amides is 1. The van der Waals surface area contributed by atoms with Crippen molar-refractivity contribution in [3.63, 3.8) is 0 Å². The van der Waals surface area contributed by atoms with Crippen LogP contribution in [0.5, 0.6) is 0 Å². The SMILES string of the molecule is CSC(C)(C)[C@H](N)C(=O)N1CCC(c2nnc3ccccn23)CC1.Cl. The maximum absolute atomic E-state index is 12.7. The third-order valence-electron chi connectivity index (χ3n) is 5.05. The Balaban J connectivity index is 0.00000225. The Bertz CT molecular complexity index is 727. The van der Waals surface area contributed by atoms with Gasteiger partial charge in [0, 0.05) is 30.0 Å². The van der Waals surface area contributed by atoms with Crippen molar-refractivity contribution in [2.24, 2.45) is 5.73 Å². The third kappa shape index (κ3) is 3.93. The summed E-state index contributed by atoms with van der Waals surface area (Å²) >= 11 is 1.63. The highest BCUT2D eigenvalue weighted by atomic mass is 35.5. The molecule has 1 atom stereocenters. The number of halogens is 1. The average molecular weight is 384 g/mol. The van der Waals surface area contributed by atoms with Crippen LogP contribution in [0.2, 0.25) is 0 Å². The molecular formula is C17H26ClN5OS. The number of carbonyl (C=O) groups excluding carboxylic acids is 1. The van der Waals surface area contributed by atoms with E-state index in [-0.39, 0.29) is 23.1 Å². The van der Waals surface area contributed by atoms with Gasteiger partial charge in [0.15, 0.2) is 5.65 Å². The number of hydrogen-bond acceptors (Lipinski definition) is 5. The molecule has 2 N–H and O–H groups in total. The normalized spacial score (nSPS) is 17.4. The minimum atomic E-state index is -0.474. The lowest BCUT2D eigenvalue weighted by molar-refractivity contribution is -0.134. The Morgan fingerprint density at radius 3 is 2.64 bits per heavy atom. The van der Waals surface area contributed by atoms with Crippen LogP contribution >= 0.6 is 24.2 Å². The van der Waals surface area contributed by atoms with Crippen molar-refractivity contribution in [3.8, 4) is 0 Å².